The Morgan fingerprint density at radius 1 is 1.33 bits per heavy atom. The molecule has 0 saturated carbocycles. The van der Waals surface area contributed by atoms with E-state index in [2.05, 4.69) is 43.1 Å². The summed E-state index contributed by atoms with van der Waals surface area (Å²) >= 11 is 0. The minimum atomic E-state index is 0.00841. The first kappa shape index (κ1) is 16.0. The van der Waals surface area contributed by atoms with Crippen molar-refractivity contribution in [2.45, 2.75) is 45.6 Å². The summed E-state index contributed by atoms with van der Waals surface area (Å²) < 4.78 is 0. The summed E-state index contributed by atoms with van der Waals surface area (Å²) in [5, 5.41) is 3.53. The number of hydrogen-bond acceptors (Lipinski definition) is 2. The number of rotatable bonds is 5. The van der Waals surface area contributed by atoms with E-state index in [-0.39, 0.29) is 5.92 Å². The van der Waals surface area contributed by atoms with Crippen molar-refractivity contribution in [1.82, 2.24) is 10.2 Å². The highest BCUT2D eigenvalue weighted by Crippen LogP contribution is 2.25. The van der Waals surface area contributed by atoms with E-state index in [9.17, 15) is 4.79 Å². The minimum Gasteiger partial charge on any atom is -0.342 e. The molecule has 3 heteroatoms. The third-order valence-corrected chi connectivity index (χ3v) is 4.59. The molecule has 1 N–H and O–H groups in total. The minimum absolute atomic E-state index is 0.00841. The molecule has 1 aromatic carbocycles. The van der Waals surface area contributed by atoms with Crippen molar-refractivity contribution in [3.63, 3.8) is 0 Å². The SMILES string of the molecule is CCNC1CCN(C(=O)C(CC)c2ccccc2)CC1C. The van der Waals surface area contributed by atoms with Gasteiger partial charge < -0.3 is 10.2 Å². The van der Waals surface area contributed by atoms with Gasteiger partial charge in [0.2, 0.25) is 5.91 Å². The lowest BCUT2D eigenvalue weighted by Gasteiger charge is -2.38. The molecule has 1 heterocycles. The van der Waals surface area contributed by atoms with Gasteiger partial charge in [-0.2, -0.15) is 0 Å². The van der Waals surface area contributed by atoms with Crippen LogP contribution in [0, 0.1) is 5.92 Å². The standard InChI is InChI=1S/C18H28N2O/c1-4-16(15-9-7-6-8-10-15)18(21)20-12-11-17(19-5-2)14(3)13-20/h6-10,14,16-17,19H,4-5,11-13H2,1-3H3. The predicted molar refractivity (Wildman–Crippen MR) is 87.3 cm³/mol. The number of hydrogen-bond donors (Lipinski definition) is 1. The maximum atomic E-state index is 12.8. The van der Waals surface area contributed by atoms with Gasteiger partial charge in [-0.15, -0.1) is 0 Å². The number of piperidine rings is 1. The lowest BCUT2D eigenvalue weighted by atomic mass is 9.90. The zero-order valence-electron chi connectivity index (χ0n) is 13.5. The Morgan fingerprint density at radius 2 is 2.05 bits per heavy atom. The Morgan fingerprint density at radius 3 is 2.62 bits per heavy atom. The van der Waals surface area contributed by atoms with Crippen LogP contribution >= 0.6 is 0 Å². The van der Waals surface area contributed by atoms with Crippen LogP contribution in [0.4, 0.5) is 0 Å². The highest BCUT2D eigenvalue weighted by atomic mass is 16.2. The molecule has 0 radical (unpaired) electrons. The van der Waals surface area contributed by atoms with Crippen molar-refractivity contribution in [2.75, 3.05) is 19.6 Å². The molecule has 3 unspecified atom stereocenters. The quantitative estimate of drug-likeness (QED) is 0.903. The van der Waals surface area contributed by atoms with Crippen molar-refractivity contribution in [1.29, 1.82) is 0 Å². The molecule has 0 aromatic heterocycles. The van der Waals surface area contributed by atoms with Gasteiger partial charge in [0.05, 0.1) is 5.92 Å². The highest BCUT2D eigenvalue weighted by Gasteiger charge is 2.31. The van der Waals surface area contributed by atoms with Gasteiger partial charge in [-0.05, 0) is 30.9 Å². The fraction of sp³-hybridized carbons (Fsp3) is 0.611. The first-order chi connectivity index (χ1) is 10.2. The fourth-order valence-corrected chi connectivity index (χ4v) is 3.37. The summed E-state index contributed by atoms with van der Waals surface area (Å²) in [4.78, 5) is 14.9. The number of carbonyl (C=O) groups is 1. The van der Waals surface area contributed by atoms with Crippen LogP contribution < -0.4 is 5.32 Å². The van der Waals surface area contributed by atoms with E-state index in [1.165, 1.54) is 0 Å². The second kappa shape index (κ2) is 7.60. The lowest BCUT2D eigenvalue weighted by molar-refractivity contribution is -0.135. The average Bonchev–Trinajstić information content (AvgIpc) is 2.51. The number of amides is 1. The topological polar surface area (TPSA) is 32.3 Å². The van der Waals surface area contributed by atoms with Gasteiger partial charge in [-0.1, -0.05) is 51.1 Å². The number of nitrogens with one attached hydrogen (secondary N) is 1. The smallest absolute Gasteiger partial charge is 0.230 e. The van der Waals surface area contributed by atoms with Crippen molar-refractivity contribution >= 4 is 5.91 Å². The van der Waals surface area contributed by atoms with Gasteiger partial charge in [-0.3, -0.25) is 4.79 Å². The maximum absolute atomic E-state index is 12.8. The monoisotopic (exact) mass is 288 g/mol. The van der Waals surface area contributed by atoms with E-state index in [0.717, 1.165) is 38.0 Å². The van der Waals surface area contributed by atoms with E-state index in [0.29, 0.717) is 17.9 Å². The van der Waals surface area contributed by atoms with Crippen molar-refractivity contribution in [2.24, 2.45) is 5.92 Å². The summed E-state index contributed by atoms with van der Waals surface area (Å²) in [5.41, 5.74) is 1.14. The second-order valence-corrected chi connectivity index (χ2v) is 6.09. The summed E-state index contributed by atoms with van der Waals surface area (Å²) in [6.07, 6.45) is 1.93. The normalized spacial score (nSPS) is 23.9. The first-order valence-corrected chi connectivity index (χ1v) is 8.24. The van der Waals surface area contributed by atoms with Crippen LogP contribution in [0.3, 0.4) is 0 Å². The van der Waals surface area contributed by atoms with Crippen molar-refractivity contribution in [3.05, 3.63) is 35.9 Å². The molecule has 1 amide bonds. The number of nitrogens with zero attached hydrogens (tertiary/aromatic N) is 1. The Hall–Kier alpha value is -1.35. The fourth-order valence-electron chi connectivity index (χ4n) is 3.37. The third-order valence-electron chi connectivity index (χ3n) is 4.59. The van der Waals surface area contributed by atoms with E-state index in [1.54, 1.807) is 0 Å². The molecular formula is C18H28N2O. The summed E-state index contributed by atoms with van der Waals surface area (Å²) in [6.45, 7) is 9.25. The van der Waals surface area contributed by atoms with Gasteiger partial charge in [0.15, 0.2) is 0 Å². The van der Waals surface area contributed by atoms with Crippen LogP contribution in [0.25, 0.3) is 0 Å². The molecule has 1 aliphatic heterocycles. The molecule has 1 fully saturated rings. The molecule has 1 saturated heterocycles. The zero-order chi connectivity index (χ0) is 15.2. The number of benzene rings is 1. The van der Waals surface area contributed by atoms with Gasteiger partial charge >= 0.3 is 0 Å². The molecule has 21 heavy (non-hydrogen) atoms. The summed E-state index contributed by atoms with van der Waals surface area (Å²) in [6, 6.07) is 10.7. The lowest BCUT2D eigenvalue weighted by Crippen LogP contribution is -2.51. The van der Waals surface area contributed by atoms with Crippen molar-refractivity contribution < 1.29 is 4.79 Å². The molecule has 0 spiro atoms. The molecular weight excluding hydrogens is 260 g/mol. The van der Waals surface area contributed by atoms with Crippen LogP contribution in [0.2, 0.25) is 0 Å². The van der Waals surface area contributed by atoms with Gasteiger partial charge in [-0.25, -0.2) is 0 Å². The number of carbonyl (C=O) groups excluding carboxylic acids is 1. The molecule has 0 bridgehead atoms. The largest absolute Gasteiger partial charge is 0.342 e. The van der Waals surface area contributed by atoms with Crippen LogP contribution in [0.5, 0.6) is 0 Å². The van der Waals surface area contributed by atoms with Gasteiger partial charge in [0, 0.05) is 19.1 Å². The van der Waals surface area contributed by atoms with E-state index >= 15 is 0 Å². The van der Waals surface area contributed by atoms with Crippen molar-refractivity contribution in [3.8, 4) is 0 Å². The Balaban J connectivity index is 2.03. The zero-order valence-corrected chi connectivity index (χ0v) is 13.5. The summed E-state index contributed by atoms with van der Waals surface area (Å²) in [5.74, 6) is 0.829. The third kappa shape index (κ3) is 3.85. The average molecular weight is 288 g/mol. The number of likely N-dealkylation sites (tertiary alicyclic amines) is 1. The maximum Gasteiger partial charge on any atom is 0.230 e. The van der Waals surface area contributed by atoms with Crippen LogP contribution in [-0.2, 0) is 4.79 Å². The van der Waals surface area contributed by atoms with Crippen LogP contribution in [-0.4, -0.2) is 36.5 Å². The Kier molecular flexibility index (Phi) is 5.80. The molecule has 2 rings (SSSR count). The predicted octanol–water partition coefficient (Wildman–Crippen LogP) is 3.03. The highest BCUT2D eigenvalue weighted by molar-refractivity contribution is 5.83. The molecule has 3 nitrogen and oxygen atoms in total. The van der Waals surface area contributed by atoms with E-state index in [4.69, 9.17) is 0 Å². The molecule has 1 aliphatic rings. The van der Waals surface area contributed by atoms with Gasteiger partial charge in [0.25, 0.3) is 0 Å². The summed E-state index contributed by atoms with van der Waals surface area (Å²) in [7, 11) is 0. The van der Waals surface area contributed by atoms with Crippen LogP contribution in [0.15, 0.2) is 30.3 Å². The molecule has 116 valence electrons. The molecule has 0 aliphatic carbocycles. The van der Waals surface area contributed by atoms with Gasteiger partial charge in [0.1, 0.15) is 0 Å². The van der Waals surface area contributed by atoms with Crippen LogP contribution in [0.1, 0.15) is 45.1 Å². The van der Waals surface area contributed by atoms with E-state index < -0.39 is 0 Å². The van der Waals surface area contributed by atoms with E-state index in [1.807, 2.05) is 18.2 Å². The Bertz CT molecular complexity index is 446. The second-order valence-electron chi connectivity index (χ2n) is 6.09. The Labute approximate surface area is 128 Å². The molecule has 3 atom stereocenters. The first-order valence-electron chi connectivity index (χ1n) is 8.24. The molecule has 1 aromatic rings.